The summed E-state index contributed by atoms with van der Waals surface area (Å²) in [6.45, 7) is 2.43. The molecule has 1 unspecified atom stereocenters. The lowest BCUT2D eigenvalue weighted by Gasteiger charge is -2.39. The van der Waals surface area contributed by atoms with Crippen molar-refractivity contribution in [2.24, 2.45) is 0 Å². The van der Waals surface area contributed by atoms with Gasteiger partial charge < -0.3 is 9.55 Å². The number of fused-ring (bicyclic) bond motifs is 10. The van der Waals surface area contributed by atoms with Gasteiger partial charge in [0.1, 0.15) is 0 Å². The van der Waals surface area contributed by atoms with Crippen molar-refractivity contribution in [2.45, 2.75) is 22.1 Å². The number of nitrogens with one attached hydrogen (secondary N) is 1. The molecule has 47 heavy (non-hydrogen) atoms. The van der Waals surface area contributed by atoms with Gasteiger partial charge in [0.2, 0.25) is 0 Å². The third kappa shape index (κ3) is 3.75. The van der Waals surface area contributed by atoms with E-state index in [0.29, 0.717) is 0 Å². The fourth-order valence-corrected chi connectivity index (χ4v) is 9.47. The number of benzene rings is 7. The number of para-hydroxylation sites is 2. The van der Waals surface area contributed by atoms with Crippen molar-refractivity contribution in [2.75, 3.05) is 0 Å². The summed E-state index contributed by atoms with van der Waals surface area (Å²) in [5.41, 5.74) is 12.1. The summed E-state index contributed by atoms with van der Waals surface area (Å²) in [5.74, 6) is 0. The summed E-state index contributed by atoms with van der Waals surface area (Å²) in [4.78, 5) is 6.48. The Balaban J connectivity index is 1.29. The summed E-state index contributed by atoms with van der Waals surface area (Å²) in [5, 5.41) is 5.10. The second-order valence-corrected chi connectivity index (χ2v) is 13.8. The Hall–Kier alpha value is -5.51. The van der Waals surface area contributed by atoms with E-state index in [9.17, 15) is 0 Å². The number of hydrogen-bond donors (Lipinski definition) is 1. The van der Waals surface area contributed by atoms with Crippen LogP contribution in [0, 0.1) is 0 Å². The summed E-state index contributed by atoms with van der Waals surface area (Å²) >= 11 is 1.92. The minimum atomic E-state index is -0.385. The molecule has 0 saturated heterocycles. The van der Waals surface area contributed by atoms with Crippen LogP contribution in [0.1, 0.15) is 23.6 Å². The van der Waals surface area contributed by atoms with Crippen molar-refractivity contribution in [1.82, 2.24) is 9.55 Å². The van der Waals surface area contributed by atoms with Gasteiger partial charge in [0.25, 0.3) is 0 Å². The van der Waals surface area contributed by atoms with E-state index < -0.39 is 0 Å². The standard InChI is InChI=1S/C44H30N2S/c1-44(30-14-6-3-7-15-30)36-26-24-35-33-17-9-11-19-38(33)46(31-22-20-29(21-23-31)28-12-4-2-5-13-28)42(35)43(36)47-39-27-25-34-32-16-8-10-18-37(32)45-41(34)40(39)44/h2-27,45H,1H3. The van der Waals surface area contributed by atoms with E-state index in [2.05, 4.69) is 174 Å². The minimum absolute atomic E-state index is 0.385. The molecule has 0 saturated carbocycles. The van der Waals surface area contributed by atoms with Gasteiger partial charge in [0.15, 0.2) is 0 Å². The van der Waals surface area contributed by atoms with Crippen LogP contribution in [0.3, 0.4) is 0 Å². The van der Waals surface area contributed by atoms with Crippen molar-refractivity contribution in [3.05, 3.63) is 174 Å². The van der Waals surface area contributed by atoms with Crippen LogP contribution in [-0.4, -0.2) is 9.55 Å². The normalized spacial score (nSPS) is 15.8. The van der Waals surface area contributed by atoms with Crippen molar-refractivity contribution in [3.8, 4) is 16.8 Å². The Labute approximate surface area is 277 Å². The van der Waals surface area contributed by atoms with Gasteiger partial charge in [-0.05, 0) is 59.5 Å². The number of hydrogen-bond acceptors (Lipinski definition) is 1. The van der Waals surface area contributed by atoms with Crippen molar-refractivity contribution >= 4 is 55.4 Å². The SMILES string of the molecule is CC1(c2ccccc2)c2ccc3c4ccccc4n(-c4ccc(-c5ccccc5)cc4)c3c2Sc2ccc3c([nH]c4ccccc43)c21. The van der Waals surface area contributed by atoms with Crippen molar-refractivity contribution in [1.29, 1.82) is 0 Å². The molecule has 0 fully saturated rings. The molecule has 1 N–H and O–H groups in total. The highest BCUT2D eigenvalue weighted by Gasteiger charge is 2.42. The molecule has 3 heteroatoms. The molecule has 1 atom stereocenters. The third-order valence-corrected chi connectivity index (χ3v) is 11.4. The smallest absolute Gasteiger partial charge is 0.0683 e. The molecule has 0 spiro atoms. The highest BCUT2D eigenvalue weighted by molar-refractivity contribution is 7.99. The second kappa shape index (κ2) is 9.99. The number of H-pyrrole nitrogens is 1. The van der Waals surface area contributed by atoms with Crippen LogP contribution >= 0.6 is 11.8 Å². The lowest BCUT2D eigenvalue weighted by molar-refractivity contribution is 0.662. The molecule has 9 aromatic rings. The molecule has 10 rings (SSSR count). The Kier molecular flexibility index (Phi) is 5.67. The predicted octanol–water partition coefficient (Wildman–Crippen LogP) is 11.9. The maximum atomic E-state index is 3.86. The Morgan fingerprint density at radius 3 is 2.02 bits per heavy atom. The van der Waals surface area contributed by atoms with Gasteiger partial charge in [-0.3, -0.25) is 0 Å². The zero-order valence-corrected chi connectivity index (χ0v) is 26.7. The summed E-state index contributed by atoms with van der Waals surface area (Å²) in [7, 11) is 0. The molecule has 0 aliphatic carbocycles. The maximum Gasteiger partial charge on any atom is 0.0683 e. The lowest BCUT2D eigenvalue weighted by Crippen LogP contribution is -2.29. The Morgan fingerprint density at radius 1 is 0.553 bits per heavy atom. The number of nitrogens with zero attached hydrogens (tertiary/aromatic N) is 1. The Bertz CT molecular complexity index is 2650. The van der Waals surface area contributed by atoms with E-state index in [4.69, 9.17) is 0 Å². The van der Waals surface area contributed by atoms with Crippen LogP contribution in [0.5, 0.6) is 0 Å². The van der Waals surface area contributed by atoms with Crippen molar-refractivity contribution in [3.63, 3.8) is 0 Å². The van der Waals surface area contributed by atoms with Gasteiger partial charge in [0.05, 0.1) is 16.6 Å². The molecule has 0 bridgehead atoms. The highest BCUT2D eigenvalue weighted by atomic mass is 32.2. The van der Waals surface area contributed by atoms with E-state index in [1.165, 1.54) is 86.9 Å². The monoisotopic (exact) mass is 618 g/mol. The molecule has 3 heterocycles. The minimum Gasteiger partial charge on any atom is -0.354 e. The molecule has 1 aliphatic heterocycles. The molecule has 1 aliphatic rings. The van der Waals surface area contributed by atoms with E-state index in [1.54, 1.807) is 0 Å². The summed E-state index contributed by atoms with van der Waals surface area (Å²) in [6.07, 6.45) is 0. The van der Waals surface area contributed by atoms with Gasteiger partial charge in [-0.15, -0.1) is 0 Å². The van der Waals surface area contributed by atoms with Gasteiger partial charge in [-0.25, -0.2) is 0 Å². The largest absolute Gasteiger partial charge is 0.354 e. The number of rotatable bonds is 3. The average molecular weight is 619 g/mol. The number of aromatic nitrogens is 2. The van der Waals surface area contributed by atoms with E-state index in [0.717, 1.165) is 0 Å². The van der Waals surface area contributed by atoms with Crippen LogP contribution in [0.25, 0.3) is 60.4 Å². The lowest BCUT2D eigenvalue weighted by atomic mass is 9.70. The average Bonchev–Trinajstić information content (AvgIpc) is 3.68. The quantitative estimate of drug-likeness (QED) is 0.209. The van der Waals surface area contributed by atoms with E-state index in [-0.39, 0.29) is 5.41 Å². The van der Waals surface area contributed by atoms with Crippen LogP contribution in [0.2, 0.25) is 0 Å². The zero-order chi connectivity index (χ0) is 31.1. The molecular weight excluding hydrogens is 589 g/mol. The van der Waals surface area contributed by atoms with Gasteiger partial charge in [-0.1, -0.05) is 139 Å². The molecule has 2 nitrogen and oxygen atoms in total. The van der Waals surface area contributed by atoms with E-state index >= 15 is 0 Å². The molecule has 2 aromatic heterocycles. The van der Waals surface area contributed by atoms with E-state index in [1.807, 2.05) is 11.8 Å². The Morgan fingerprint density at radius 2 is 1.21 bits per heavy atom. The maximum absolute atomic E-state index is 3.86. The summed E-state index contributed by atoms with van der Waals surface area (Å²) in [6, 6.07) is 57.7. The first-order chi connectivity index (χ1) is 23.2. The van der Waals surface area contributed by atoms with Crippen LogP contribution in [-0.2, 0) is 5.41 Å². The van der Waals surface area contributed by atoms with Crippen molar-refractivity contribution < 1.29 is 0 Å². The second-order valence-electron chi connectivity index (χ2n) is 12.7. The fourth-order valence-electron chi connectivity index (χ4n) is 8.02. The summed E-state index contributed by atoms with van der Waals surface area (Å²) < 4.78 is 2.49. The molecular formula is C44H30N2S. The highest BCUT2D eigenvalue weighted by Crippen LogP contribution is 2.57. The van der Waals surface area contributed by atoms with Gasteiger partial charge in [0, 0.05) is 53.5 Å². The first-order valence-electron chi connectivity index (χ1n) is 16.2. The zero-order valence-electron chi connectivity index (χ0n) is 25.9. The third-order valence-electron chi connectivity index (χ3n) is 10.3. The molecule has 0 radical (unpaired) electrons. The predicted molar refractivity (Wildman–Crippen MR) is 198 cm³/mol. The van der Waals surface area contributed by atoms with Crippen LogP contribution < -0.4 is 0 Å². The van der Waals surface area contributed by atoms with Gasteiger partial charge in [-0.2, -0.15) is 0 Å². The molecule has 222 valence electrons. The van der Waals surface area contributed by atoms with Gasteiger partial charge >= 0.3 is 0 Å². The first kappa shape index (κ1) is 26.7. The molecule has 7 aromatic carbocycles. The number of aromatic amines is 1. The van der Waals surface area contributed by atoms with Crippen LogP contribution in [0.15, 0.2) is 168 Å². The van der Waals surface area contributed by atoms with Crippen LogP contribution in [0.4, 0.5) is 0 Å². The molecule has 0 amide bonds. The first-order valence-corrected chi connectivity index (χ1v) is 17.0. The topological polar surface area (TPSA) is 20.7 Å². The fraction of sp³-hybridized carbons (Fsp3) is 0.0455.